The molecule has 1 aromatic heterocycles. The molecule has 3 rings (SSSR count). The molecule has 0 saturated heterocycles. The standard InChI is InChI=1S/C18H11N3O3/c19-12-13-6-8-15(9-7-13)24-17-11-10-16(21(22)23)18(20-17)14-4-2-1-3-5-14/h1-11H. The molecule has 0 aliphatic heterocycles. The van der Waals surface area contributed by atoms with Gasteiger partial charge in [-0.1, -0.05) is 30.3 Å². The molecule has 0 aliphatic carbocycles. The summed E-state index contributed by atoms with van der Waals surface area (Å²) >= 11 is 0. The smallest absolute Gasteiger partial charge is 0.295 e. The van der Waals surface area contributed by atoms with E-state index in [0.717, 1.165) is 0 Å². The summed E-state index contributed by atoms with van der Waals surface area (Å²) < 4.78 is 5.63. The molecule has 0 amide bonds. The lowest BCUT2D eigenvalue weighted by Crippen LogP contribution is -1.97. The summed E-state index contributed by atoms with van der Waals surface area (Å²) in [5.74, 6) is 0.735. The van der Waals surface area contributed by atoms with E-state index < -0.39 is 4.92 Å². The summed E-state index contributed by atoms with van der Waals surface area (Å²) in [5, 5.41) is 20.0. The SMILES string of the molecule is N#Cc1ccc(Oc2ccc([N+](=O)[O-])c(-c3ccccc3)n2)cc1. The van der Waals surface area contributed by atoms with Gasteiger partial charge in [0.05, 0.1) is 16.6 Å². The van der Waals surface area contributed by atoms with Crippen LogP contribution in [0.3, 0.4) is 0 Å². The Morgan fingerprint density at radius 3 is 2.33 bits per heavy atom. The number of hydrogen-bond acceptors (Lipinski definition) is 5. The van der Waals surface area contributed by atoms with Crippen molar-refractivity contribution in [2.45, 2.75) is 0 Å². The molecule has 0 bridgehead atoms. The average molecular weight is 317 g/mol. The molecule has 0 fully saturated rings. The Morgan fingerprint density at radius 1 is 1.00 bits per heavy atom. The first-order valence-electron chi connectivity index (χ1n) is 7.06. The third-order valence-corrected chi connectivity index (χ3v) is 3.30. The highest BCUT2D eigenvalue weighted by atomic mass is 16.6. The van der Waals surface area contributed by atoms with Gasteiger partial charge in [-0.25, -0.2) is 4.98 Å². The van der Waals surface area contributed by atoms with Crippen molar-refractivity contribution < 1.29 is 9.66 Å². The van der Waals surface area contributed by atoms with Crippen LogP contribution in [0.25, 0.3) is 11.3 Å². The van der Waals surface area contributed by atoms with Crippen molar-refractivity contribution in [3.05, 3.63) is 82.4 Å². The van der Waals surface area contributed by atoms with Crippen LogP contribution in [-0.2, 0) is 0 Å². The molecule has 6 nitrogen and oxygen atoms in total. The molecule has 1 heterocycles. The van der Waals surface area contributed by atoms with Crippen molar-refractivity contribution in [3.63, 3.8) is 0 Å². The van der Waals surface area contributed by atoms with Gasteiger partial charge in [-0.3, -0.25) is 10.1 Å². The number of nitriles is 1. The highest BCUT2D eigenvalue weighted by Crippen LogP contribution is 2.31. The number of nitrogens with zero attached hydrogens (tertiary/aromatic N) is 3. The second kappa shape index (κ2) is 6.58. The monoisotopic (exact) mass is 317 g/mol. The second-order valence-electron chi connectivity index (χ2n) is 4.88. The van der Waals surface area contributed by atoms with Crippen LogP contribution >= 0.6 is 0 Å². The maximum Gasteiger partial charge on any atom is 0.295 e. The number of nitro groups is 1. The van der Waals surface area contributed by atoms with Crippen LogP contribution in [-0.4, -0.2) is 9.91 Å². The van der Waals surface area contributed by atoms with E-state index in [9.17, 15) is 10.1 Å². The molecular formula is C18H11N3O3. The average Bonchev–Trinajstić information content (AvgIpc) is 2.63. The normalized spacial score (nSPS) is 9.96. The van der Waals surface area contributed by atoms with E-state index in [-0.39, 0.29) is 17.3 Å². The zero-order chi connectivity index (χ0) is 16.9. The molecule has 116 valence electrons. The lowest BCUT2D eigenvalue weighted by atomic mass is 10.1. The summed E-state index contributed by atoms with van der Waals surface area (Å²) in [6.07, 6.45) is 0. The predicted octanol–water partition coefficient (Wildman–Crippen LogP) is 4.32. The molecule has 0 unspecified atom stereocenters. The predicted molar refractivity (Wildman–Crippen MR) is 87.6 cm³/mol. The summed E-state index contributed by atoms with van der Waals surface area (Å²) in [4.78, 5) is 15.0. The molecule has 0 radical (unpaired) electrons. The number of ether oxygens (including phenoxy) is 1. The van der Waals surface area contributed by atoms with Gasteiger partial charge in [-0.2, -0.15) is 5.26 Å². The Kier molecular flexibility index (Phi) is 4.17. The van der Waals surface area contributed by atoms with Crippen molar-refractivity contribution >= 4 is 5.69 Å². The maximum absolute atomic E-state index is 11.2. The van der Waals surface area contributed by atoms with Gasteiger partial charge in [0.2, 0.25) is 5.88 Å². The Balaban J connectivity index is 1.98. The van der Waals surface area contributed by atoms with Crippen LogP contribution in [0.4, 0.5) is 5.69 Å². The number of pyridine rings is 1. The van der Waals surface area contributed by atoms with Crippen LogP contribution in [0.15, 0.2) is 66.7 Å². The summed E-state index contributed by atoms with van der Waals surface area (Å²) in [5.41, 5.74) is 1.30. The van der Waals surface area contributed by atoms with Crippen LogP contribution in [0.2, 0.25) is 0 Å². The van der Waals surface area contributed by atoms with Gasteiger partial charge in [0.1, 0.15) is 5.75 Å². The first-order chi connectivity index (χ1) is 11.7. The molecule has 0 saturated carbocycles. The van der Waals surface area contributed by atoms with Gasteiger partial charge in [0, 0.05) is 17.7 Å². The largest absolute Gasteiger partial charge is 0.439 e. The van der Waals surface area contributed by atoms with Gasteiger partial charge < -0.3 is 4.74 Å². The van der Waals surface area contributed by atoms with Gasteiger partial charge in [-0.15, -0.1) is 0 Å². The summed E-state index contributed by atoms with van der Waals surface area (Å²) in [6, 6.07) is 20.3. The number of rotatable bonds is 4. The quantitative estimate of drug-likeness (QED) is 0.528. The Labute approximate surface area is 137 Å². The van der Waals surface area contributed by atoms with Gasteiger partial charge >= 0.3 is 0 Å². The fourth-order valence-corrected chi connectivity index (χ4v) is 2.16. The summed E-state index contributed by atoms with van der Waals surface area (Å²) in [7, 11) is 0. The number of aromatic nitrogens is 1. The Bertz CT molecular complexity index is 916. The Morgan fingerprint density at radius 2 is 1.71 bits per heavy atom. The molecule has 0 N–H and O–H groups in total. The van der Waals surface area contributed by atoms with Gasteiger partial charge in [0.25, 0.3) is 5.69 Å². The van der Waals surface area contributed by atoms with E-state index in [1.54, 1.807) is 48.5 Å². The first kappa shape index (κ1) is 15.2. The third-order valence-electron chi connectivity index (χ3n) is 3.30. The minimum atomic E-state index is -0.471. The van der Waals surface area contributed by atoms with E-state index in [2.05, 4.69) is 4.98 Å². The van der Waals surface area contributed by atoms with E-state index in [0.29, 0.717) is 16.9 Å². The van der Waals surface area contributed by atoms with Crippen LogP contribution in [0.1, 0.15) is 5.56 Å². The zero-order valence-electron chi connectivity index (χ0n) is 12.4. The fraction of sp³-hybridized carbons (Fsp3) is 0. The molecule has 24 heavy (non-hydrogen) atoms. The van der Waals surface area contributed by atoms with E-state index in [4.69, 9.17) is 10.00 Å². The molecular weight excluding hydrogens is 306 g/mol. The first-order valence-corrected chi connectivity index (χ1v) is 7.06. The van der Waals surface area contributed by atoms with Gasteiger partial charge in [0.15, 0.2) is 5.69 Å². The van der Waals surface area contributed by atoms with Crippen LogP contribution in [0, 0.1) is 21.4 Å². The van der Waals surface area contributed by atoms with Crippen molar-refractivity contribution in [2.24, 2.45) is 0 Å². The minimum absolute atomic E-state index is 0.0895. The molecule has 3 aromatic rings. The van der Waals surface area contributed by atoms with E-state index in [1.807, 2.05) is 12.1 Å². The lowest BCUT2D eigenvalue weighted by Gasteiger charge is -2.07. The van der Waals surface area contributed by atoms with E-state index in [1.165, 1.54) is 12.1 Å². The highest BCUT2D eigenvalue weighted by Gasteiger charge is 2.18. The van der Waals surface area contributed by atoms with Crippen LogP contribution in [0.5, 0.6) is 11.6 Å². The molecule has 0 spiro atoms. The van der Waals surface area contributed by atoms with Crippen molar-refractivity contribution in [2.75, 3.05) is 0 Å². The third kappa shape index (κ3) is 3.20. The lowest BCUT2D eigenvalue weighted by molar-refractivity contribution is -0.384. The topological polar surface area (TPSA) is 89.0 Å². The minimum Gasteiger partial charge on any atom is -0.439 e. The Hall–Kier alpha value is -3.72. The number of hydrogen-bond donors (Lipinski definition) is 0. The van der Waals surface area contributed by atoms with Crippen molar-refractivity contribution in [1.82, 2.24) is 4.98 Å². The fourth-order valence-electron chi connectivity index (χ4n) is 2.16. The van der Waals surface area contributed by atoms with Crippen molar-refractivity contribution in [3.8, 4) is 29.0 Å². The number of benzene rings is 2. The van der Waals surface area contributed by atoms with Crippen molar-refractivity contribution in [1.29, 1.82) is 5.26 Å². The molecule has 0 atom stereocenters. The van der Waals surface area contributed by atoms with Gasteiger partial charge in [-0.05, 0) is 24.3 Å². The van der Waals surface area contributed by atoms with E-state index >= 15 is 0 Å². The second-order valence-corrected chi connectivity index (χ2v) is 4.88. The maximum atomic E-state index is 11.2. The molecule has 0 aliphatic rings. The highest BCUT2D eigenvalue weighted by molar-refractivity contribution is 5.69. The summed E-state index contributed by atoms with van der Waals surface area (Å²) in [6.45, 7) is 0. The molecule has 2 aromatic carbocycles. The molecule has 6 heteroatoms. The zero-order valence-corrected chi connectivity index (χ0v) is 12.4. The van der Waals surface area contributed by atoms with Crippen LogP contribution < -0.4 is 4.74 Å².